The van der Waals surface area contributed by atoms with Crippen LogP contribution >= 0.6 is 34.5 Å². The number of imide groups is 1. The van der Waals surface area contributed by atoms with Crippen LogP contribution in [-0.2, 0) is 9.59 Å². The summed E-state index contributed by atoms with van der Waals surface area (Å²) in [5.41, 5.74) is 2.20. The summed E-state index contributed by atoms with van der Waals surface area (Å²) in [7, 11) is 0. The van der Waals surface area contributed by atoms with Gasteiger partial charge in [-0.2, -0.15) is 0 Å². The van der Waals surface area contributed by atoms with Crippen LogP contribution in [0.25, 0.3) is 6.08 Å². The number of Topliss-reactive ketones (excluding diaryl/α,β-unsaturated/α-hetero) is 1. The summed E-state index contributed by atoms with van der Waals surface area (Å²) in [6.07, 6.45) is 3.78. The molecule has 0 aliphatic carbocycles. The normalized spacial score (nSPS) is 25.3. The molecule has 6 rings (SSSR count). The van der Waals surface area contributed by atoms with Crippen LogP contribution in [0.3, 0.4) is 0 Å². The van der Waals surface area contributed by atoms with Gasteiger partial charge in [-0.05, 0) is 46.8 Å². The molecule has 0 bridgehead atoms. The summed E-state index contributed by atoms with van der Waals surface area (Å²) in [6, 6.07) is 14.8. The van der Waals surface area contributed by atoms with Crippen molar-refractivity contribution in [2.24, 2.45) is 11.8 Å². The summed E-state index contributed by atoms with van der Waals surface area (Å²) in [4.78, 5) is 44.8. The zero-order valence-corrected chi connectivity index (χ0v) is 19.3. The van der Waals surface area contributed by atoms with Crippen LogP contribution in [0.1, 0.15) is 26.8 Å². The maximum absolute atomic E-state index is 13.8. The number of hydrogen-bond donors (Lipinski definition) is 0. The average Bonchev–Trinajstić information content (AvgIpc) is 3.51. The summed E-state index contributed by atoms with van der Waals surface area (Å²) in [5.74, 6) is -2.44. The van der Waals surface area contributed by atoms with E-state index in [9.17, 15) is 14.4 Å². The molecule has 5 nitrogen and oxygen atoms in total. The molecular weight excluding hydrogens is 479 g/mol. The van der Waals surface area contributed by atoms with E-state index in [4.69, 9.17) is 23.2 Å². The SMILES string of the molecule is O=C(c1cccs1)[C@@H]1[C@@H]2C(=O)N(c3ccc(Cl)cc3Cl)C(=O)[C@@H]2[C@H]2c3ccccc3C=CN12. The monoisotopic (exact) mass is 494 g/mol. The van der Waals surface area contributed by atoms with Crippen LogP contribution in [-0.4, -0.2) is 28.5 Å². The van der Waals surface area contributed by atoms with Crippen molar-refractivity contribution in [3.05, 3.63) is 92.2 Å². The van der Waals surface area contributed by atoms with Crippen molar-refractivity contribution in [1.29, 1.82) is 0 Å². The summed E-state index contributed by atoms with van der Waals surface area (Å²) < 4.78 is 0. The van der Waals surface area contributed by atoms with E-state index in [2.05, 4.69) is 0 Å². The lowest BCUT2D eigenvalue weighted by atomic mass is 9.84. The Morgan fingerprint density at radius 1 is 0.939 bits per heavy atom. The van der Waals surface area contributed by atoms with Gasteiger partial charge in [0.2, 0.25) is 11.8 Å². The molecule has 164 valence electrons. The highest BCUT2D eigenvalue weighted by Gasteiger charge is 2.64. The molecule has 2 amide bonds. The molecule has 8 heteroatoms. The van der Waals surface area contributed by atoms with Gasteiger partial charge in [0.05, 0.1) is 33.5 Å². The third-order valence-corrected chi connectivity index (χ3v) is 8.07. The molecule has 0 radical (unpaired) electrons. The Morgan fingerprint density at radius 2 is 1.73 bits per heavy atom. The van der Waals surface area contributed by atoms with Crippen molar-refractivity contribution in [2.45, 2.75) is 12.1 Å². The number of ketones is 1. The largest absolute Gasteiger partial charge is 0.358 e. The predicted molar refractivity (Wildman–Crippen MR) is 128 cm³/mol. The van der Waals surface area contributed by atoms with Gasteiger partial charge in [-0.3, -0.25) is 14.4 Å². The standard InChI is InChI=1S/C25H16Cl2N2O3S/c26-14-7-8-17(16(27)12-14)29-24(31)19-20(25(29)32)22(23(30)18-6-3-11-33-18)28-10-9-13-4-1-2-5-15(13)21(19)28/h1-12,19-22H/t19-,20+,21+,22-/m0/s1. The fraction of sp³-hybridized carbons (Fsp3) is 0.160. The molecule has 3 aliphatic rings. The molecule has 1 aromatic heterocycles. The number of hydrogen-bond acceptors (Lipinski definition) is 5. The first-order chi connectivity index (χ1) is 16.0. The van der Waals surface area contributed by atoms with Gasteiger partial charge in [0.15, 0.2) is 5.78 Å². The lowest BCUT2D eigenvalue weighted by Crippen LogP contribution is -2.44. The third kappa shape index (κ3) is 2.94. The Hall–Kier alpha value is -2.93. The van der Waals surface area contributed by atoms with Crippen molar-refractivity contribution in [1.82, 2.24) is 4.90 Å². The Labute approximate surface area is 203 Å². The van der Waals surface area contributed by atoms with Crippen molar-refractivity contribution in [3.63, 3.8) is 0 Å². The minimum Gasteiger partial charge on any atom is -0.358 e. The van der Waals surface area contributed by atoms with E-state index in [1.165, 1.54) is 17.4 Å². The Morgan fingerprint density at radius 3 is 2.48 bits per heavy atom. The number of fused-ring (bicyclic) bond motifs is 5. The molecule has 4 heterocycles. The molecule has 3 aromatic rings. The Kier molecular flexibility index (Phi) is 4.73. The fourth-order valence-electron chi connectivity index (χ4n) is 5.32. The molecule has 33 heavy (non-hydrogen) atoms. The van der Waals surface area contributed by atoms with E-state index in [0.717, 1.165) is 16.0 Å². The van der Waals surface area contributed by atoms with Gasteiger partial charge >= 0.3 is 0 Å². The Balaban J connectivity index is 1.51. The number of halogens is 2. The first-order valence-corrected chi connectivity index (χ1v) is 12.1. The molecule has 3 aliphatic heterocycles. The number of rotatable bonds is 3. The second-order valence-corrected chi connectivity index (χ2v) is 10.1. The lowest BCUT2D eigenvalue weighted by Gasteiger charge is -2.35. The molecule has 0 spiro atoms. The van der Waals surface area contributed by atoms with E-state index < -0.39 is 29.8 Å². The molecule has 2 aromatic carbocycles. The zero-order valence-electron chi connectivity index (χ0n) is 17.0. The van der Waals surface area contributed by atoms with Crippen LogP contribution in [0.15, 0.2) is 66.2 Å². The van der Waals surface area contributed by atoms with Gasteiger partial charge in [-0.25, -0.2) is 4.90 Å². The molecule has 0 unspecified atom stereocenters. The molecule has 2 fully saturated rings. The number of carbonyl (C=O) groups is 3. The number of amides is 2. The second-order valence-electron chi connectivity index (χ2n) is 8.28. The van der Waals surface area contributed by atoms with Gasteiger partial charge in [0.25, 0.3) is 0 Å². The maximum Gasteiger partial charge on any atom is 0.240 e. The third-order valence-electron chi connectivity index (χ3n) is 6.64. The topological polar surface area (TPSA) is 57.7 Å². The fourth-order valence-corrected chi connectivity index (χ4v) is 6.51. The molecule has 4 atom stereocenters. The van der Waals surface area contributed by atoms with E-state index in [0.29, 0.717) is 15.6 Å². The molecule has 2 saturated heterocycles. The summed E-state index contributed by atoms with van der Waals surface area (Å²) in [6.45, 7) is 0. The van der Waals surface area contributed by atoms with Gasteiger partial charge in [-0.1, -0.05) is 53.5 Å². The van der Waals surface area contributed by atoms with Gasteiger partial charge in [0.1, 0.15) is 6.04 Å². The van der Waals surface area contributed by atoms with Crippen molar-refractivity contribution in [2.75, 3.05) is 4.90 Å². The van der Waals surface area contributed by atoms with Crippen LogP contribution in [0.2, 0.25) is 10.0 Å². The highest BCUT2D eigenvalue weighted by molar-refractivity contribution is 7.12. The smallest absolute Gasteiger partial charge is 0.240 e. The number of carbonyl (C=O) groups excluding carboxylic acids is 3. The Bertz CT molecular complexity index is 1350. The van der Waals surface area contributed by atoms with E-state index >= 15 is 0 Å². The van der Waals surface area contributed by atoms with Gasteiger partial charge < -0.3 is 4.90 Å². The minimum atomic E-state index is -0.820. The van der Waals surface area contributed by atoms with Crippen LogP contribution < -0.4 is 4.90 Å². The lowest BCUT2D eigenvalue weighted by molar-refractivity contribution is -0.123. The van der Waals surface area contributed by atoms with Crippen LogP contribution in [0.4, 0.5) is 5.69 Å². The zero-order chi connectivity index (χ0) is 22.9. The van der Waals surface area contributed by atoms with Gasteiger partial charge in [-0.15, -0.1) is 11.3 Å². The summed E-state index contributed by atoms with van der Waals surface area (Å²) in [5, 5.41) is 2.46. The van der Waals surface area contributed by atoms with Gasteiger partial charge in [0, 0.05) is 11.2 Å². The molecule has 0 saturated carbocycles. The number of nitrogens with zero attached hydrogens (tertiary/aromatic N) is 2. The number of anilines is 1. The maximum atomic E-state index is 13.8. The van der Waals surface area contributed by atoms with Crippen LogP contribution in [0.5, 0.6) is 0 Å². The molecule has 0 N–H and O–H groups in total. The van der Waals surface area contributed by atoms with Crippen molar-refractivity contribution in [3.8, 4) is 0 Å². The number of thiophene rings is 1. The van der Waals surface area contributed by atoms with Crippen molar-refractivity contribution >= 4 is 63.9 Å². The van der Waals surface area contributed by atoms with Crippen molar-refractivity contribution < 1.29 is 14.4 Å². The first kappa shape index (κ1) is 20.7. The predicted octanol–water partition coefficient (Wildman–Crippen LogP) is 5.45. The van der Waals surface area contributed by atoms with E-state index in [-0.39, 0.29) is 16.7 Å². The van der Waals surface area contributed by atoms with E-state index in [1.54, 1.807) is 18.2 Å². The second kappa shape index (κ2) is 7.55. The quantitative estimate of drug-likeness (QED) is 0.358. The minimum absolute atomic E-state index is 0.156. The highest BCUT2D eigenvalue weighted by atomic mass is 35.5. The molecular formula is C25H16Cl2N2O3S. The number of benzene rings is 2. The summed E-state index contributed by atoms with van der Waals surface area (Å²) >= 11 is 13.7. The van der Waals surface area contributed by atoms with E-state index in [1.807, 2.05) is 52.9 Å². The van der Waals surface area contributed by atoms with Crippen LogP contribution in [0, 0.1) is 11.8 Å². The average molecular weight is 495 g/mol. The highest BCUT2D eigenvalue weighted by Crippen LogP contribution is 2.54. The first-order valence-electron chi connectivity index (χ1n) is 10.4.